The van der Waals surface area contributed by atoms with E-state index in [1.807, 2.05) is 6.07 Å². The molecule has 1 fully saturated rings. The van der Waals surface area contributed by atoms with Gasteiger partial charge in [-0.25, -0.2) is 0 Å². The largest absolute Gasteiger partial charge is 0.362 e. The van der Waals surface area contributed by atoms with Gasteiger partial charge >= 0.3 is 0 Å². The fourth-order valence-electron chi connectivity index (χ4n) is 2.22. The van der Waals surface area contributed by atoms with Crippen molar-refractivity contribution in [2.24, 2.45) is 0 Å². The van der Waals surface area contributed by atoms with Gasteiger partial charge in [0.2, 0.25) is 0 Å². The standard InChI is InChI=1S/C16H16O/c1-16(2)15(17-16)14-10-8-13(9-11-14)12-6-4-3-5-7-12/h3-11,15H,1-2H3. The minimum absolute atomic E-state index is 0.0221. The molecule has 3 rings (SSSR count). The topological polar surface area (TPSA) is 12.5 Å². The van der Waals surface area contributed by atoms with Gasteiger partial charge in [-0.1, -0.05) is 54.6 Å². The summed E-state index contributed by atoms with van der Waals surface area (Å²) < 4.78 is 5.64. The average molecular weight is 224 g/mol. The Bertz CT molecular complexity index is 511. The van der Waals surface area contributed by atoms with Gasteiger partial charge in [-0.2, -0.15) is 0 Å². The van der Waals surface area contributed by atoms with Crippen LogP contribution in [0.15, 0.2) is 54.6 Å². The van der Waals surface area contributed by atoms with Crippen LogP contribution in [0.4, 0.5) is 0 Å². The molecule has 17 heavy (non-hydrogen) atoms. The summed E-state index contributed by atoms with van der Waals surface area (Å²) in [6.45, 7) is 4.26. The monoisotopic (exact) mass is 224 g/mol. The van der Waals surface area contributed by atoms with Crippen LogP contribution in [0.3, 0.4) is 0 Å². The van der Waals surface area contributed by atoms with Crippen LogP contribution in [0.25, 0.3) is 11.1 Å². The molecule has 1 saturated heterocycles. The summed E-state index contributed by atoms with van der Waals surface area (Å²) in [5.41, 5.74) is 3.81. The Kier molecular flexibility index (Phi) is 2.30. The predicted octanol–water partition coefficient (Wildman–Crippen LogP) is 4.20. The highest BCUT2D eigenvalue weighted by atomic mass is 16.6. The van der Waals surface area contributed by atoms with Crippen molar-refractivity contribution in [1.29, 1.82) is 0 Å². The second-order valence-corrected chi connectivity index (χ2v) is 5.09. The third kappa shape index (κ3) is 1.98. The zero-order valence-electron chi connectivity index (χ0n) is 10.2. The summed E-state index contributed by atoms with van der Waals surface area (Å²) in [6.07, 6.45) is 0.271. The average Bonchev–Trinajstić information content (AvgIpc) is 3.00. The summed E-state index contributed by atoms with van der Waals surface area (Å²) in [7, 11) is 0. The van der Waals surface area contributed by atoms with Crippen molar-refractivity contribution in [2.75, 3.05) is 0 Å². The van der Waals surface area contributed by atoms with Crippen molar-refractivity contribution in [3.8, 4) is 11.1 Å². The molecule has 86 valence electrons. The first kappa shape index (κ1) is 10.5. The number of ether oxygens (including phenoxy) is 1. The molecule has 2 aromatic rings. The molecule has 0 amide bonds. The van der Waals surface area contributed by atoms with E-state index in [0.29, 0.717) is 0 Å². The SMILES string of the molecule is CC1(C)OC1c1ccc(-c2ccccc2)cc1. The molecule has 0 bridgehead atoms. The molecular formula is C16H16O. The van der Waals surface area contributed by atoms with Crippen LogP contribution < -0.4 is 0 Å². The zero-order valence-corrected chi connectivity index (χ0v) is 10.2. The summed E-state index contributed by atoms with van der Waals surface area (Å²) >= 11 is 0. The van der Waals surface area contributed by atoms with E-state index in [2.05, 4.69) is 62.4 Å². The van der Waals surface area contributed by atoms with Crippen molar-refractivity contribution in [1.82, 2.24) is 0 Å². The second kappa shape index (κ2) is 3.71. The van der Waals surface area contributed by atoms with Crippen molar-refractivity contribution < 1.29 is 4.74 Å². The summed E-state index contributed by atoms with van der Waals surface area (Å²) in [6, 6.07) is 19.1. The molecule has 0 aliphatic carbocycles. The van der Waals surface area contributed by atoms with Gasteiger partial charge in [-0.15, -0.1) is 0 Å². The molecule has 1 heterocycles. The van der Waals surface area contributed by atoms with Crippen molar-refractivity contribution >= 4 is 0 Å². The van der Waals surface area contributed by atoms with E-state index in [-0.39, 0.29) is 11.7 Å². The normalized spacial score (nSPS) is 21.2. The van der Waals surface area contributed by atoms with Crippen LogP contribution >= 0.6 is 0 Å². The van der Waals surface area contributed by atoms with Gasteiger partial charge in [0.1, 0.15) is 6.10 Å². The molecule has 1 unspecified atom stereocenters. The van der Waals surface area contributed by atoms with Crippen molar-refractivity contribution in [2.45, 2.75) is 25.6 Å². The van der Waals surface area contributed by atoms with Crippen molar-refractivity contribution in [3.05, 3.63) is 60.2 Å². The third-order valence-corrected chi connectivity index (χ3v) is 3.32. The van der Waals surface area contributed by atoms with E-state index in [4.69, 9.17) is 4.74 Å². The van der Waals surface area contributed by atoms with Crippen LogP contribution in [0.2, 0.25) is 0 Å². The van der Waals surface area contributed by atoms with Gasteiger partial charge < -0.3 is 4.74 Å². The zero-order chi connectivity index (χ0) is 11.9. The molecule has 1 nitrogen and oxygen atoms in total. The molecule has 0 radical (unpaired) electrons. The molecule has 1 heteroatoms. The van der Waals surface area contributed by atoms with E-state index in [9.17, 15) is 0 Å². The molecule has 0 saturated carbocycles. The molecule has 1 aliphatic heterocycles. The van der Waals surface area contributed by atoms with E-state index >= 15 is 0 Å². The van der Waals surface area contributed by atoms with Gasteiger partial charge in [0.15, 0.2) is 0 Å². The first-order valence-electron chi connectivity index (χ1n) is 6.00. The van der Waals surface area contributed by atoms with Crippen molar-refractivity contribution in [3.63, 3.8) is 0 Å². The number of benzene rings is 2. The van der Waals surface area contributed by atoms with Crippen LogP contribution in [0, 0.1) is 0 Å². The number of hydrogen-bond donors (Lipinski definition) is 0. The predicted molar refractivity (Wildman–Crippen MR) is 69.8 cm³/mol. The molecule has 1 atom stereocenters. The Morgan fingerprint density at radius 1 is 0.824 bits per heavy atom. The molecule has 0 spiro atoms. The maximum Gasteiger partial charge on any atom is 0.112 e. The molecule has 1 aliphatic rings. The summed E-state index contributed by atoms with van der Waals surface area (Å²) in [5.74, 6) is 0. The summed E-state index contributed by atoms with van der Waals surface area (Å²) in [5, 5.41) is 0. The Morgan fingerprint density at radius 3 is 1.88 bits per heavy atom. The van der Waals surface area contributed by atoms with E-state index in [0.717, 1.165) is 0 Å². The van der Waals surface area contributed by atoms with Gasteiger partial charge in [-0.3, -0.25) is 0 Å². The number of hydrogen-bond acceptors (Lipinski definition) is 1. The van der Waals surface area contributed by atoms with Gasteiger partial charge in [0, 0.05) is 0 Å². The smallest absolute Gasteiger partial charge is 0.112 e. The Morgan fingerprint density at radius 2 is 1.35 bits per heavy atom. The lowest BCUT2D eigenvalue weighted by Crippen LogP contribution is -1.97. The highest BCUT2D eigenvalue weighted by Gasteiger charge is 2.48. The second-order valence-electron chi connectivity index (χ2n) is 5.09. The summed E-state index contributed by atoms with van der Waals surface area (Å²) in [4.78, 5) is 0. The maximum absolute atomic E-state index is 5.64. The number of epoxide rings is 1. The van der Waals surface area contributed by atoms with Gasteiger partial charge in [-0.05, 0) is 30.5 Å². The van der Waals surface area contributed by atoms with Crippen LogP contribution in [-0.4, -0.2) is 5.60 Å². The molecule has 0 aromatic heterocycles. The lowest BCUT2D eigenvalue weighted by Gasteiger charge is -2.03. The third-order valence-electron chi connectivity index (χ3n) is 3.32. The lowest BCUT2D eigenvalue weighted by atomic mass is 9.99. The minimum atomic E-state index is 0.0221. The van der Waals surface area contributed by atoms with E-state index in [1.54, 1.807) is 0 Å². The lowest BCUT2D eigenvalue weighted by molar-refractivity contribution is 0.325. The first-order valence-corrected chi connectivity index (χ1v) is 6.00. The fraction of sp³-hybridized carbons (Fsp3) is 0.250. The van der Waals surface area contributed by atoms with E-state index in [1.165, 1.54) is 16.7 Å². The Balaban J connectivity index is 1.87. The quantitative estimate of drug-likeness (QED) is 0.696. The highest BCUT2D eigenvalue weighted by molar-refractivity contribution is 5.63. The Labute approximate surface area is 102 Å². The van der Waals surface area contributed by atoms with Gasteiger partial charge in [0.05, 0.1) is 5.60 Å². The fourth-order valence-corrected chi connectivity index (χ4v) is 2.22. The molecular weight excluding hydrogens is 208 g/mol. The molecule has 2 aromatic carbocycles. The highest BCUT2D eigenvalue weighted by Crippen LogP contribution is 2.48. The van der Waals surface area contributed by atoms with Crippen LogP contribution in [-0.2, 0) is 4.74 Å². The van der Waals surface area contributed by atoms with E-state index < -0.39 is 0 Å². The first-order chi connectivity index (χ1) is 8.17. The maximum atomic E-state index is 5.64. The molecule has 0 N–H and O–H groups in total. The van der Waals surface area contributed by atoms with Crippen LogP contribution in [0.1, 0.15) is 25.5 Å². The van der Waals surface area contributed by atoms with Gasteiger partial charge in [0.25, 0.3) is 0 Å². The Hall–Kier alpha value is -1.60. The van der Waals surface area contributed by atoms with Crippen LogP contribution in [0.5, 0.6) is 0 Å². The number of rotatable bonds is 2. The minimum Gasteiger partial charge on any atom is -0.362 e.